The molecule has 0 spiro atoms. The highest BCUT2D eigenvalue weighted by atomic mass is 19.4. The van der Waals surface area contributed by atoms with E-state index in [0.717, 1.165) is 43.5 Å². The third-order valence-corrected chi connectivity index (χ3v) is 4.77. The quantitative estimate of drug-likeness (QED) is 0.574. The molecule has 1 fully saturated rings. The maximum atomic E-state index is 12.1. The Balaban J connectivity index is 1.44. The molecule has 30 heavy (non-hydrogen) atoms. The number of rotatable bonds is 6. The summed E-state index contributed by atoms with van der Waals surface area (Å²) in [5.74, 6) is 1.81. The van der Waals surface area contributed by atoms with E-state index >= 15 is 0 Å². The Morgan fingerprint density at radius 3 is 2.37 bits per heavy atom. The van der Waals surface area contributed by atoms with Crippen molar-refractivity contribution in [3.63, 3.8) is 0 Å². The van der Waals surface area contributed by atoms with Crippen molar-refractivity contribution >= 4 is 11.8 Å². The Morgan fingerprint density at radius 1 is 1.07 bits per heavy atom. The van der Waals surface area contributed by atoms with Crippen LogP contribution < -0.4 is 10.2 Å². The molecule has 2 heterocycles. The highest BCUT2D eigenvalue weighted by Crippen LogP contribution is 2.16. The molecule has 9 heteroatoms. The summed E-state index contributed by atoms with van der Waals surface area (Å²) in [4.78, 5) is 13.2. The lowest BCUT2D eigenvalue weighted by Gasteiger charge is -2.37. The summed E-state index contributed by atoms with van der Waals surface area (Å²) in [6.45, 7) is 2.69. The van der Waals surface area contributed by atoms with E-state index in [1.54, 1.807) is 25.4 Å². The number of aromatic nitrogens is 1. The predicted molar refractivity (Wildman–Crippen MR) is 110 cm³/mol. The van der Waals surface area contributed by atoms with E-state index in [9.17, 15) is 13.2 Å². The van der Waals surface area contributed by atoms with Crippen LogP contribution in [0.3, 0.4) is 0 Å². The number of guanidine groups is 1. The number of pyridine rings is 1. The van der Waals surface area contributed by atoms with Gasteiger partial charge in [-0.25, -0.2) is 4.98 Å². The second-order valence-electron chi connectivity index (χ2n) is 6.99. The number of alkyl halides is 3. The SMILES string of the molecule is CN=C(NCc1ccc(COCC(F)(F)F)cc1)N1CCN(c2ccccn2)CC1. The highest BCUT2D eigenvalue weighted by molar-refractivity contribution is 5.80. The zero-order chi connectivity index (χ0) is 21.4. The van der Waals surface area contributed by atoms with Gasteiger partial charge in [0.2, 0.25) is 0 Å². The second kappa shape index (κ2) is 10.3. The number of benzene rings is 1. The minimum atomic E-state index is -4.30. The summed E-state index contributed by atoms with van der Waals surface area (Å²) in [6.07, 6.45) is -2.50. The van der Waals surface area contributed by atoms with Crippen molar-refractivity contribution in [2.75, 3.05) is 44.7 Å². The van der Waals surface area contributed by atoms with Crippen LogP contribution in [0.25, 0.3) is 0 Å². The number of ether oxygens (including phenoxy) is 1. The van der Waals surface area contributed by atoms with E-state index in [0.29, 0.717) is 12.1 Å². The van der Waals surface area contributed by atoms with Crippen LogP contribution in [0, 0.1) is 0 Å². The first-order valence-electron chi connectivity index (χ1n) is 9.78. The minimum Gasteiger partial charge on any atom is -0.367 e. The van der Waals surface area contributed by atoms with Gasteiger partial charge in [-0.15, -0.1) is 0 Å². The normalized spacial score (nSPS) is 15.4. The molecule has 162 valence electrons. The van der Waals surface area contributed by atoms with E-state index < -0.39 is 12.8 Å². The van der Waals surface area contributed by atoms with Gasteiger partial charge in [-0.2, -0.15) is 13.2 Å². The monoisotopic (exact) mass is 421 g/mol. The first-order chi connectivity index (χ1) is 14.4. The fourth-order valence-electron chi connectivity index (χ4n) is 3.24. The van der Waals surface area contributed by atoms with Gasteiger partial charge >= 0.3 is 6.18 Å². The molecule has 2 aromatic rings. The molecule has 0 bridgehead atoms. The summed E-state index contributed by atoms with van der Waals surface area (Å²) >= 11 is 0. The Bertz CT molecular complexity index is 804. The molecule has 0 unspecified atom stereocenters. The van der Waals surface area contributed by atoms with Gasteiger partial charge in [0.1, 0.15) is 12.4 Å². The maximum absolute atomic E-state index is 12.1. The Morgan fingerprint density at radius 2 is 1.77 bits per heavy atom. The molecule has 1 aliphatic rings. The molecule has 0 amide bonds. The molecule has 0 atom stereocenters. The van der Waals surface area contributed by atoms with Crippen LogP contribution >= 0.6 is 0 Å². The molecule has 1 aromatic carbocycles. The van der Waals surface area contributed by atoms with E-state index in [1.165, 1.54) is 0 Å². The molecular formula is C21H26F3N5O. The Labute approximate surface area is 174 Å². The number of hydrogen-bond acceptors (Lipinski definition) is 4. The topological polar surface area (TPSA) is 53.0 Å². The lowest BCUT2D eigenvalue weighted by molar-refractivity contribution is -0.176. The van der Waals surface area contributed by atoms with Crippen molar-refractivity contribution in [1.82, 2.24) is 15.2 Å². The van der Waals surface area contributed by atoms with Crippen LogP contribution in [0.5, 0.6) is 0 Å². The van der Waals surface area contributed by atoms with Crippen LogP contribution in [0.1, 0.15) is 11.1 Å². The molecule has 0 radical (unpaired) electrons. The predicted octanol–water partition coefficient (Wildman–Crippen LogP) is 3.06. The van der Waals surface area contributed by atoms with E-state index in [1.807, 2.05) is 30.3 Å². The van der Waals surface area contributed by atoms with Crippen molar-refractivity contribution < 1.29 is 17.9 Å². The molecule has 0 aliphatic carbocycles. The number of halogens is 3. The fraction of sp³-hybridized carbons (Fsp3) is 0.429. The van der Waals surface area contributed by atoms with Gasteiger partial charge < -0.3 is 19.9 Å². The van der Waals surface area contributed by atoms with Crippen molar-refractivity contribution in [3.8, 4) is 0 Å². The smallest absolute Gasteiger partial charge is 0.367 e. The molecule has 1 aromatic heterocycles. The lowest BCUT2D eigenvalue weighted by Crippen LogP contribution is -2.52. The number of piperazine rings is 1. The van der Waals surface area contributed by atoms with E-state index in [2.05, 4.69) is 29.8 Å². The van der Waals surface area contributed by atoms with Crippen molar-refractivity contribution in [2.24, 2.45) is 4.99 Å². The van der Waals surface area contributed by atoms with Gasteiger partial charge in [-0.3, -0.25) is 4.99 Å². The van der Waals surface area contributed by atoms with Crippen molar-refractivity contribution in [3.05, 3.63) is 59.8 Å². The third-order valence-electron chi connectivity index (χ3n) is 4.77. The number of nitrogens with one attached hydrogen (secondary N) is 1. The Kier molecular flexibility index (Phi) is 7.51. The van der Waals surface area contributed by atoms with Crippen LogP contribution in [0.4, 0.5) is 19.0 Å². The lowest BCUT2D eigenvalue weighted by atomic mass is 10.1. The average Bonchev–Trinajstić information content (AvgIpc) is 2.75. The molecule has 6 nitrogen and oxygen atoms in total. The zero-order valence-electron chi connectivity index (χ0n) is 16.9. The molecule has 0 saturated carbocycles. The molecule has 1 saturated heterocycles. The summed E-state index contributed by atoms with van der Waals surface area (Å²) in [7, 11) is 1.76. The van der Waals surface area contributed by atoms with Crippen LogP contribution in [0.15, 0.2) is 53.7 Å². The van der Waals surface area contributed by atoms with E-state index in [4.69, 9.17) is 0 Å². The second-order valence-corrected chi connectivity index (χ2v) is 6.99. The number of hydrogen-bond donors (Lipinski definition) is 1. The maximum Gasteiger partial charge on any atom is 0.411 e. The van der Waals surface area contributed by atoms with Gasteiger partial charge in [0.25, 0.3) is 0 Å². The summed E-state index contributed by atoms with van der Waals surface area (Å²) in [6, 6.07) is 13.2. The number of nitrogens with zero attached hydrogens (tertiary/aromatic N) is 4. The van der Waals surface area contributed by atoms with Gasteiger partial charge in [-0.05, 0) is 23.3 Å². The molecule has 1 aliphatic heterocycles. The molecule has 3 rings (SSSR count). The molecule has 1 N–H and O–H groups in total. The van der Waals surface area contributed by atoms with Crippen molar-refractivity contribution in [1.29, 1.82) is 0 Å². The van der Waals surface area contributed by atoms with Crippen LogP contribution in [0.2, 0.25) is 0 Å². The first kappa shape index (κ1) is 21.9. The van der Waals surface area contributed by atoms with Gasteiger partial charge in [0.15, 0.2) is 5.96 Å². The Hall–Kier alpha value is -2.81. The first-order valence-corrected chi connectivity index (χ1v) is 9.78. The van der Waals surface area contributed by atoms with Gasteiger partial charge in [-0.1, -0.05) is 30.3 Å². The summed E-state index contributed by atoms with van der Waals surface area (Å²) in [5.41, 5.74) is 1.72. The van der Waals surface area contributed by atoms with Crippen LogP contribution in [-0.2, 0) is 17.9 Å². The van der Waals surface area contributed by atoms with Crippen molar-refractivity contribution in [2.45, 2.75) is 19.3 Å². The fourth-order valence-corrected chi connectivity index (χ4v) is 3.24. The number of aliphatic imine (C=N–C) groups is 1. The third kappa shape index (κ3) is 6.62. The largest absolute Gasteiger partial charge is 0.411 e. The molecular weight excluding hydrogens is 395 g/mol. The zero-order valence-corrected chi connectivity index (χ0v) is 16.9. The van der Waals surface area contributed by atoms with Gasteiger partial charge in [0.05, 0.1) is 6.61 Å². The van der Waals surface area contributed by atoms with Gasteiger partial charge in [0, 0.05) is 46.0 Å². The summed E-state index contributed by atoms with van der Waals surface area (Å²) < 4.78 is 41.1. The van der Waals surface area contributed by atoms with Crippen LogP contribution in [-0.4, -0.2) is 61.9 Å². The average molecular weight is 421 g/mol. The highest BCUT2D eigenvalue weighted by Gasteiger charge is 2.27. The van der Waals surface area contributed by atoms with E-state index in [-0.39, 0.29) is 6.61 Å². The summed E-state index contributed by atoms with van der Waals surface area (Å²) in [5, 5.41) is 3.35. The minimum absolute atomic E-state index is 0.0601. The standard InChI is InChI=1S/C21H26F3N5O/c1-25-20(29-12-10-28(11-13-29)19-4-2-3-9-26-19)27-14-17-5-7-18(8-6-17)15-30-16-21(22,23)24/h2-9H,10-16H2,1H3,(H,25,27). The number of anilines is 1.